The third-order valence-corrected chi connectivity index (χ3v) is 3.13. The molecule has 0 spiro atoms. The average molecular weight is 341 g/mol. The van der Waals surface area contributed by atoms with Crippen molar-refractivity contribution in [1.82, 2.24) is 15.7 Å². The molecule has 1 aromatic heterocycles. The van der Waals surface area contributed by atoms with Gasteiger partial charge in [0.2, 0.25) is 0 Å². The minimum Gasteiger partial charge on any atom is -0.342 e. The van der Waals surface area contributed by atoms with Crippen LogP contribution in [0.2, 0.25) is 0 Å². The van der Waals surface area contributed by atoms with Crippen LogP contribution in [0.3, 0.4) is 0 Å². The molecule has 0 aliphatic heterocycles. The summed E-state index contributed by atoms with van der Waals surface area (Å²) in [6, 6.07) is 10.8. The maximum Gasteiger partial charge on any atom is 0.270 e. The number of nitro benzene ring substituents is 1. The molecule has 0 aliphatic carbocycles. The Labute approximate surface area is 142 Å². The molecule has 1 heterocycles. The lowest BCUT2D eigenvalue weighted by atomic mass is 10.1. The number of benzene rings is 1. The summed E-state index contributed by atoms with van der Waals surface area (Å²) in [5.41, 5.74) is 3.32. The van der Waals surface area contributed by atoms with E-state index in [-0.39, 0.29) is 17.9 Å². The van der Waals surface area contributed by atoms with Gasteiger partial charge in [0.05, 0.1) is 17.2 Å². The highest BCUT2D eigenvalue weighted by Gasteiger charge is 2.09. The number of aromatic nitrogens is 1. The number of amides is 2. The normalized spacial score (nSPS) is 10.8. The zero-order chi connectivity index (χ0) is 18.2. The second-order valence-electron chi connectivity index (χ2n) is 4.94. The predicted molar refractivity (Wildman–Crippen MR) is 90.0 cm³/mol. The van der Waals surface area contributed by atoms with Crippen LogP contribution in [0.25, 0.3) is 0 Å². The summed E-state index contributed by atoms with van der Waals surface area (Å²) in [5, 5.41) is 17.0. The van der Waals surface area contributed by atoms with Crippen LogP contribution in [0.1, 0.15) is 23.0 Å². The number of nitro groups is 1. The summed E-state index contributed by atoms with van der Waals surface area (Å²) < 4.78 is 0. The third-order valence-electron chi connectivity index (χ3n) is 3.13. The van der Waals surface area contributed by atoms with Gasteiger partial charge in [-0.3, -0.25) is 24.7 Å². The molecule has 0 fully saturated rings. The summed E-state index contributed by atoms with van der Waals surface area (Å²) in [6.45, 7) is 1.33. The van der Waals surface area contributed by atoms with Gasteiger partial charge in [0.25, 0.3) is 17.5 Å². The van der Waals surface area contributed by atoms with Crippen LogP contribution in [0.15, 0.2) is 53.8 Å². The van der Waals surface area contributed by atoms with Crippen molar-refractivity contribution in [3.05, 3.63) is 70.0 Å². The molecule has 0 unspecified atom stereocenters. The van der Waals surface area contributed by atoms with Gasteiger partial charge in [0.1, 0.15) is 5.69 Å². The van der Waals surface area contributed by atoms with Gasteiger partial charge in [-0.15, -0.1) is 0 Å². The fraction of sp³-hybridized carbons (Fsp3) is 0.125. The minimum absolute atomic E-state index is 0.0685. The van der Waals surface area contributed by atoms with Gasteiger partial charge in [0, 0.05) is 23.9 Å². The van der Waals surface area contributed by atoms with Gasteiger partial charge >= 0.3 is 0 Å². The molecule has 0 saturated heterocycles. The first-order chi connectivity index (χ1) is 12.0. The van der Waals surface area contributed by atoms with E-state index in [0.29, 0.717) is 11.3 Å². The molecule has 0 saturated carbocycles. The second-order valence-corrected chi connectivity index (χ2v) is 4.94. The van der Waals surface area contributed by atoms with Crippen LogP contribution >= 0.6 is 0 Å². The molecule has 2 amide bonds. The van der Waals surface area contributed by atoms with E-state index in [9.17, 15) is 19.7 Å². The van der Waals surface area contributed by atoms with E-state index in [2.05, 4.69) is 20.8 Å². The van der Waals surface area contributed by atoms with E-state index in [0.717, 1.165) is 0 Å². The van der Waals surface area contributed by atoms with E-state index in [1.165, 1.54) is 30.5 Å². The highest BCUT2D eigenvalue weighted by molar-refractivity contribution is 6.00. The van der Waals surface area contributed by atoms with Crippen molar-refractivity contribution in [3.8, 4) is 0 Å². The average Bonchev–Trinajstić information content (AvgIpc) is 2.64. The second kappa shape index (κ2) is 8.29. The maximum atomic E-state index is 11.8. The quantitative estimate of drug-likeness (QED) is 0.464. The maximum absolute atomic E-state index is 11.8. The molecule has 0 atom stereocenters. The first kappa shape index (κ1) is 17.7. The molecule has 9 heteroatoms. The van der Waals surface area contributed by atoms with Crippen LogP contribution < -0.4 is 10.7 Å². The Morgan fingerprint density at radius 1 is 1.24 bits per heavy atom. The Morgan fingerprint density at radius 3 is 2.72 bits per heavy atom. The molecule has 128 valence electrons. The highest BCUT2D eigenvalue weighted by atomic mass is 16.6. The Hall–Kier alpha value is -3.62. The van der Waals surface area contributed by atoms with Gasteiger partial charge in [-0.25, -0.2) is 5.43 Å². The molecular formula is C16H15N5O4. The number of hydrazone groups is 1. The van der Waals surface area contributed by atoms with Gasteiger partial charge in [0.15, 0.2) is 0 Å². The lowest BCUT2D eigenvalue weighted by molar-refractivity contribution is -0.384. The highest BCUT2D eigenvalue weighted by Crippen LogP contribution is 2.13. The summed E-state index contributed by atoms with van der Waals surface area (Å²) in [7, 11) is 0. The molecule has 0 radical (unpaired) electrons. The molecule has 2 rings (SSSR count). The predicted octanol–water partition coefficient (Wildman–Crippen LogP) is 1.26. The number of carbonyl (C=O) groups is 2. The number of non-ortho nitro benzene ring substituents is 1. The Balaban J connectivity index is 1.90. The van der Waals surface area contributed by atoms with Gasteiger partial charge in [-0.05, 0) is 19.1 Å². The zero-order valence-electron chi connectivity index (χ0n) is 13.3. The number of carbonyl (C=O) groups excluding carboxylic acids is 2. The molecule has 2 aromatic rings. The molecule has 0 aliphatic rings. The van der Waals surface area contributed by atoms with Crippen molar-refractivity contribution in [3.63, 3.8) is 0 Å². The van der Waals surface area contributed by atoms with Crippen LogP contribution in [0.4, 0.5) is 5.69 Å². The topological polar surface area (TPSA) is 127 Å². The fourth-order valence-electron chi connectivity index (χ4n) is 1.84. The Morgan fingerprint density at radius 2 is 2.04 bits per heavy atom. The van der Waals surface area contributed by atoms with Crippen LogP contribution in [0, 0.1) is 10.1 Å². The van der Waals surface area contributed by atoms with Crippen molar-refractivity contribution in [2.75, 3.05) is 6.54 Å². The molecule has 9 nitrogen and oxygen atoms in total. The van der Waals surface area contributed by atoms with Crippen LogP contribution in [-0.4, -0.2) is 34.0 Å². The van der Waals surface area contributed by atoms with Crippen molar-refractivity contribution < 1.29 is 14.5 Å². The summed E-state index contributed by atoms with van der Waals surface area (Å²) in [5.74, 6) is -1.01. The number of pyridine rings is 1. The van der Waals surface area contributed by atoms with E-state index in [1.54, 1.807) is 25.1 Å². The number of hydrogen-bond acceptors (Lipinski definition) is 6. The molecule has 1 aromatic carbocycles. The molecular weight excluding hydrogens is 326 g/mol. The molecule has 25 heavy (non-hydrogen) atoms. The lowest BCUT2D eigenvalue weighted by Crippen LogP contribution is -2.35. The van der Waals surface area contributed by atoms with Gasteiger partial charge in [-0.2, -0.15) is 5.10 Å². The van der Waals surface area contributed by atoms with Crippen molar-refractivity contribution in [1.29, 1.82) is 0 Å². The number of nitrogens with zero attached hydrogens (tertiary/aromatic N) is 3. The molecule has 0 bridgehead atoms. The zero-order valence-corrected chi connectivity index (χ0v) is 13.3. The monoisotopic (exact) mass is 341 g/mol. The van der Waals surface area contributed by atoms with Gasteiger partial charge < -0.3 is 5.32 Å². The largest absolute Gasteiger partial charge is 0.342 e. The third kappa shape index (κ3) is 5.20. The fourth-order valence-corrected chi connectivity index (χ4v) is 1.84. The SMILES string of the molecule is CC(=NNC(=O)CNC(=O)c1ccccn1)c1cccc([N+](=O)[O-])c1. The Bertz CT molecular complexity index is 820. The summed E-state index contributed by atoms with van der Waals surface area (Å²) >= 11 is 0. The lowest BCUT2D eigenvalue weighted by Gasteiger charge is -2.05. The molecule has 2 N–H and O–H groups in total. The Kier molecular flexibility index (Phi) is 5.88. The summed E-state index contributed by atoms with van der Waals surface area (Å²) in [4.78, 5) is 37.6. The van der Waals surface area contributed by atoms with Crippen LogP contribution in [-0.2, 0) is 4.79 Å². The van der Waals surface area contributed by atoms with Crippen LogP contribution in [0.5, 0.6) is 0 Å². The number of nitrogens with one attached hydrogen (secondary N) is 2. The smallest absolute Gasteiger partial charge is 0.270 e. The van der Waals surface area contributed by atoms with E-state index in [4.69, 9.17) is 0 Å². The standard InChI is InChI=1S/C16H15N5O4/c1-11(12-5-4-6-13(9-12)21(24)25)19-20-15(22)10-18-16(23)14-7-2-3-8-17-14/h2-9H,10H2,1H3,(H,18,23)(H,20,22). The van der Waals surface area contributed by atoms with Crippen molar-refractivity contribution in [2.45, 2.75) is 6.92 Å². The first-order valence-corrected chi connectivity index (χ1v) is 7.24. The number of hydrogen-bond donors (Lipinski definition) is 2. The van der Waals surface area contributed by atoms with Crippen molar-refractivity contribution >= 4 is 23.2 Å². The van der Waals surface area contributed by atoms with E-state index >= 15 is 0 Å². The van der Waals surface area contributed by atoms with Gasteiger partial charge in [-0.1, -0.05) is 18.2 Å². The minimum atomic E-state index is -0.533. The number of rotatable bonds is 6. The first-order valence-electron chi connectivity index (χ1n) is 7.24. The van der Waals surface area contributed by atoms with Crippen molar-refractivity contribution in [2.24, 2.45) is 5.10 Å². The van der Waals surface area contributed by atoms with E-state index in [1.807, 2.05) is 0 Å². The van der Waals surface area contributed by atoms with E-state index < -0.39 is 16.7 Å². The summed E-state index contributed by atoms with van der Waals surface area (Å²) in [6.07, 6.45) is 1.47.